The Morgan fingerprint density at radius 1 is 0.630 bits per heavy atom. The van der Waals surface area contributed by atoms with Gasteiger partial charge in [-0.25, -0.2) is 4.79 Å². The summed E-state index contributed by atoms with van der Waals surface area (Å²) in [4.78, 5) is 36.6. The van der Waals surface area contributed by atoms with Gasteiger partial charge in [0, 0.05) is 19.3 Å². The lowest BCUT2D eigenvalue weighted by molar-refractivity contribution is -0.887. The van der Waals surface area contributed by atoms with E-state index in [0.29, 0.717) is 19.3 Å². The van der Waals surface area contributed by atoms with Crippen LogP contribution in [0.25, 0.3) is 0 Å². The van der Waals surface area contributed by atoms with E-state index in [1.165, 1.54) is 77.0 Å². The number of rotatable bonds is 33. The van der Waals surface area contributed by atoms with E-state index in [-0.39, 0.29) is 36.2 Å². The molecular weight excluding hydrogens is 582 g/mol. The lowest BCUT2D eigenvalue weighted by Crippen LogP contribution is -2.50. The van der Waals surface area contributed by atoms with Crippen LogP contribution >= 0.6 is 0 Å². The molecule has 0 amide bonds. The maximum Gasteiger partial charge on any atom is 0.362 e. The number of allylic oxidation sites excluding steroid dienone is 2. The normalized spacial score (nSPS) is 13.2. The van der Waals surface area contributed by atoms with Crippen LogP contribution in [0.15, 0.2) is 12.2 Å². The quantitative estimate of drug-likeness (QED) is 0.0326. The van der Waals surface area contributed by atoms with Gasteiger partial charge >= 0.3 is 17.9 Å². The topological polar surface area (TPSA) is 99.1 Å². The monoisotopic (exact) mass is 655 g/mol. The highest BCUT2D eigenvalue weighted by Crippen LogP contribution is 2.13. The van der Waals surface area contributed by atoms with Gasteiger partial charge < -0.3 is 23.8 Å². The minimum Gasteiger partial charge on any atom is -0.477 e. The molecule has 2 unspecified atom stereocenters. The van der Waals surface area contributed by atoms with Crippen molar-refractivity contribution in [3.05, 3.63) is 12.2 Å². The highest BCUT2D eigenvalue weighted by molar-refractivity contribution is 5.72. The van der Waals surface area contributed by atoms with E-state index in [9.17, 15) is 19.5 Å². The fourth-order valence-corrected chi connectivity index (χ4v) is 5.44. The fourth-order valence-electron chi connectivity index (χ4n) is 5.44. The third kappa shape index (κ3) is 28.3. The second-order valence-electron chi connectivity index (χ2n) is 13.8. The number of unbranched alkanes of at least 4 members (excludes halogenated alkanes) is 17. The van der Waals surface area contributed by atoms with Crippen molar-refractivity contribution in [2.24, 2.45) is 0 Å². The molecule has 0 saturated carbocycles. The highest BCUT2D eigenvalue weighted by atomic mass is 16.6. The summed E-state index contributed by atoms with van der Waals surface area (Å²) in [6, 6.07) is -0.611. The molecule has 0 fully saturated rings. The van der Waals surface area contributed by atoms with Crippen molar-refractivity contribution in [2.75, 3.05) is 41.0 Å². The summed E-state index contributed by atoms with van der Waals surface area (Å²) >= 11 is 0. The molecule has 0 aromatic heterocycles. The van der Waals surface area contributed by atoms with E-state index in [1.807, 2.05) is 21.1 Å². The first-order chi connectivity index (χ1) is 22.1. The average Bonchev–Trinajstić information content (AvgIpc) is 3.00. The number of aliphatic carboxylic acids is 1. The van der Waals surface area contributed by atoms with Crippen LogP contribution in [0, 0.1) is 0 Å². The summed E-state index contributed by atoms with van der Waals surface area (Å²) < 4.78 is 17.1. The van der Waals surface area contributed by atoms with E-state index in [4.69, 9.17) is 14.2 Å². The van der Waals surface area contributed by atoms with Crippen molar-refractivity contribution in [1.29, 1.82) is 0 Å². The molecule has 0 radical (unpaired) electrons. The molecule has 8 heteroatoms. The number of ether oxygens (including phenoxy) is 3. The van der Waals surface area contributed by atoms with Gasteiger partial charge in [-0.3, -0.25) is 9.59 Å². The van der Waals surface area contributed by atoms with Crippen molar-refractivity contribution in [3.63, 3.8) is 0 Å². The Morgan fingerprint density at radius 2 is 1.09 bits per heavy atom. The minimum atomic E-state index is -0.877. The van der Waals surface area contributed by atoms with E-state index in [0.717, 1.165) is 51.4 Å². The number of likely N-dealkylation sites (N-methyl/N-ethyl adjacent to an activating group) is 1. The molecule has 0 aromatic carbocycles. The largest absolute Gasteiger partial charge is 0.477 e. The first-order valence-corrected chi connectivity index (χ1v) is 18.7. The molecule has 0 bridgehead atoms. The van der Waals surface area contributed by atoms with Gasteiger partial charge in [0.15, 0.2) is 12.1 Å². The number of quaternary nitrogens is 1. The zero-order chi connectivity index (χ0) is 34.3. The van der Waals surface area contributed by atoms with Gasteiger partial charge in [0.25, 0.3) is 0 Å². The van der Waals surface area contributed by atoms with Gasteiger partial charge in [-0.15, -0.1) is 0 Å². The number of carbonyl (C=O) groups is 3. The Hall–Kier alpha value is -1.93. The maximum absolute atomic E-state index is 12.6. The van der Waals surface area contributed by atoms with Crippen LogP contribution in [0.4, 0.5) is 0 Å². The number of carboxylic acids is 1. The smallest absolute Gasteiger partial charge is 0.362 e. The maximum atomic E-state index is 12.6. The van der Waals surface area contributed by atoms with E-state index >= 15 is 0 Å². The van der Waals surface area contributed by atoms with E-state index < -0.39 is 18.1 Å². The number of carbonyl (C=O) groups excluding carboxylic acids is 2. The molecule has 1 N–H and O–H groups in total. The van der Waals surface area contributed by atoms with Gasteiger partial charge in [-0.05, 0) is 38.5 Å². The van der Waals surface area contributed by atoms with E-state index in [2.05, 4.69) is 26.0 Å². The van der Waals surface area contributed by atoms with Crippen LogP contribution in [0.1, 0.15) is 162 Å². The zero-order valence-electron chi connectivity index (χ0n) is 30.5. The summed E-state index contributed by atoms with van der Waals surface area (Å²) in [5.41, 5.74) is 0. The molecule has 0 heterocycles. The molecular formula is C38H72NO7+. The molecule has 2 atom stereocenters. The van der Waals surface area contributed by atoms with Crippen LogP contribution in [-0.4, -0.2) is 80.6 Å². The Labute approximate surface area is 282 Å². The first-order valence-electron chi connectivity index (χ1n) is 18.7. The second-order valence-corrected chi connectivity index (χ2v) is 13.8. The van der Waals surface area contributed by atoms with Gasteiger partial charge in [0.1, 0.15) is 6.61 Å². The van der Waals surface area contributed by atoms with Crippen molar-refractivity contribution in [3.8, 4) is 0 Å². The molecule has 0 aromatic rings. The van der Waals surface area contributed by atoms with Gasteiger partial charge in [0.05, 0.1) is 34.4 Å². The summed E-state index contributed by atoms with van der Waals surface area (Å²) in [5.74, 6) is -1.49. The standard InChI is InChI=1S/C38H71NO7/c1-6-8-10-12-14-16-17-18-19-20-21-23-25-27-29-37(41)46-34(32-44-31-30-35(38(42)43)39(3,4)5)33-45-36(40)28-26-24-22-15-13-11-9-7-2/h19-20,34-35H,6-18,21-33H2,1-5H3/p+1/b20-19+. The third-order valence-electron chi connectivity index (χ3n) is 8.41. The molecule has 8 nitrogen and oxygen atoms in total. The lowest BCUT2D eigenvalue weighted by atomic mass is 10.1. The minimum absolute atomic E-state index is 0.0528. The highest BCUT2D eigenvalue weighted by Gasteiger charge is 2.31. The van der Waals surface area contributed by atoms with Crippen LogP contribution in [-0.2, 0) is 28.6 Å². The number of hydrogen-bond donors (Lipinski definition) is 1. The molecule has 0 spiro atoms. The molecule has 0 aliphatic rings. The molecule has 270 valence electrons. The summed E-state index contributed by atoms with van der Waals surface area (Å²) in [5, 5.41) is 9.56. The van der Waals surface area contributed by atoms with Crippen LogP contribution < -0.4 is 0 Å². The fraction of sp³-hybridized carbons (Fsp3) is 0.868. The Balaban J connectivity index is 4.43. The molecule has 0 aliphatic carbocycles. The number of nitrogens with zero attached hydrogens (tertiary/aromatic N) is 1. The molecule has 0 rings (SSSR count). The first kappa shape index (κ1) is 44.1. The van der Waals surface area contributed by atoms with Crippen molar-refractivity contribution in [1.82, 2.24) is 0 Å². The SMILES string of the molecule is CCCCCCCCC/C=C/CCCCCC(=O)OC(COCCC(C(=O)O)[N+](C)(C)C)COC(=O)CCCCCCCCCC. The van der Waals surface area contributed by atoms with Crippen LogP contribution in [0.3, 0.4) is 0 Å². The zero-order valence-corrected chi connectivity index (χ0v) is 30.5. The van der Waals surface area contributed by atoms with Gasteiger partial charge in [-0.1, -0.05) is 116 Å². The van der Waals surface area contributed by atoms with Crippen molar-refractivity contribution in [2.45, 2.75) is 174 Å². The van der Waals surface area contributed by atoms with Gasteiger partial charge in [-0.2, -0.15) is 0 Å². The second kappa shape index (κ2) is 30.4. The summed E-state index contributed by atoms with van der Waals surface area (Å²) in [7, 11) is 5.51. The van der Waals surface area contributed by atoms with Crippen LogP contribution in [0.5, 0.6) is 0 Å². The summed E-state index contributed by atoms with van der Waals surface area (Å²) in [6.07, 6.45) is 28.3. The molecule has 0 aliphatic heterocycles. The Kier molecular flexibility index (Phi) is 29.1. The number of carboxylic acid groups (broad SMARTS) is 1. The molecule has 46 heavy (non-hydrogen) atoms. The Morgan fingerprint density at radius 3 is 1.59 bits per heavy atom. The predicted octanol–water partition coefficient (Wildman–Crippen LogP) is 9.19. The van der Waals surface area contributed by atoms with E-state index in [1.54, 1.807) is 0 Å². The van der Waals surface area contributed by atoms with Crippen molar-refractivity contribution >= 4 is 17.9 Å². The lowest BCUT2D eigenvalue weighted by Gasteiger charge is -2.31. The summed E-state index contributed by atoms with van der Waals surface area (Å²) in [6.45, 7) is 4.68. The Bertz CT molecular complexity index is 778. The average molecular weight is 655 g/mol. The van der Waals surface area contributed by atoms with Gasteiger partial charge in [0.2, 0.25) is 0 Å². The van der Waals surface area contributed by atoms with Crippen LogP contribution in [0.2, 0.25) is 0 Å². The number of esters is 2. The molecule has 0 saturated heterocycles. The van der Waals surface area contributed by atoms with Crippen molar-refractivity contribution < 1.29 is 38.2 Å². The predicted molar refractivity (Wildman–Crippen MR) is 188 cm³/mol. The third-order valence-corrected chi connectivity index (χ3v) is 8.41. The number of hydrogen-bond acceptors (Lipinski definition) is 6.